The first-order chi connectivity index (χ1) is 12.6. The zero-order chi connectivity index (χ0) is 19.2. The number of esters is 1. The van der Waals surface area contributed by atoms with E-state index in [0.717, 1.165) is 64.2 Å². The van der Waals surface area contributed by atoms with Crippen LogP contribution >= 0.6 is 0 Å². The maximum atomic E-state index is 12.2. The van der Waals surface area contributed by atoms with Crippen molar-refractivity contribution < 1.29 is 14.3 Å². The van der Waals surface area contributed by atoms with Gasteiger partial charge in [0.25, 0.3) is 0 Å². The molecule has 0 spiro atoms. The number of hydrogen-bond acceptors (Lipinski definition) is 4. The van der Waals surface area contributed by atoms with Crippen LogP contribution in [0.4, 0.5) is 0 Å². The van der Waals surface area contributed by atoms with Gasteiger partial charge in [-0.1, -0.05) is 45.4 Å². The van der Waals surface area contributed by atoms with Gasteiger partial charge in [0.05, 0.1) is 6.61 Å². The highest BCUT2D eigenvalue weighted by molar-refractivity contribution is 5.83. The van der Waals surface area contributed by atoms with Crippen LogP contribution in [-0.2, 0) is 14.3 Å². The predicted octanol–water partition coefficient (Wildman–Crippen LogP) is 5.17. The molecule has 1 rings (SSSR count). The molecule has 1 fully saturated rings. The lowest BCUT2D eigenvalue weighted by atomic mass is 9.85. The summed E-state index contributed by atoms with van der Waals surface area (Å²) >= 11 is 0. The SMILES string of the molecule is CCCCCC(N)CC[C@H]1CCC(=O)[C@@H]1CCCCCCC(=O)OCC. The van der Waals surface area contributed by atoms with Crippen molar-refractivity contribution in [3.63, 3.8) is 0 Å². The summed E-state index contributed by atoms with van der Waals surface area (Å²) in [6.45, 7) is 4.52. The second-order valence-electron chi connectivity index (χ2n) is 7.96. The third-order valence-electron chi connectivity index (χ3n) is 5.78. The zero-order valence-electron chi connectivity index (χ0n) is 17.1. The Kier molecular flexibility index (Phi) is 12.6. The molecule has 152 valence electrons. The Balaban J connectivity index is 2.16. The highest BCUT2D eigenvalue weighted by Crippen LogP contribution is 2.36. The molecule has 0 amide bonds. The quantitative estimate of drug-likeness (QED) is 0.320. The number of carbonyl (C=O) groups excluding carboxylic acids is 2. The maximum absolute atomic E-state index is 12.2. The van der Waals surface area contributed by atoms with Gasteiger partial charge in [-0.2, -0.15) is 0 Å². The molecule has 1 saturated carbocycles. The summed E-state index contributed by atoms with van der Waals surface area (Å²) in [6.07, 6.45) is 14.6. The monoisotopic (exact) mass is 367 g/mol. The van der Waals surface area contributed by atoms with Crippen LogP contribution in [0.3, 0.4) is 0 Å². The summed E-state index contributed by atoms with van der Waals surface area (Å²) in [4.78, 5) is 23.5. The lowest BCUT2D eigenvalue weighted by Gasteiger charge is -2.20. The van der Waals surface area contributed by atoms with Crippen LogP contribution in [-0.4, -0.2) is 24.4 Å². The number of hydrogen-bond donors (Lipinski definition) is 1. The number of Topliss-reactive ketones (excluding diaryl/α,β-unsaturated/α-hetero) is 1. The lowest BCUT2D eigenvalue weighted by molar-refractivity contribution is -0.143. The average Bonchev–Trinajstić information content (AvgIpc) is 2.96. The van der Waals surface area contributed by atoms with Crippen LogP contribution in [0.15, 0.2) is 0 Å². The molecule has 4 nitrogen and oxygen atoms in total. The summed E-state index contributed by atoms with van der Waals surface area (Å²) in [5, 5.41) is 0. The Hall–Kier alpha value is -0.900. The summed E-state index contributed by atoms with van der Waals surface area (Å²) in [6, 6.07) is 0.306. The Morgan fingerprint density at radius 3 is 2.58 bits per heavy atom. The standard InChI is InChI=1S/C22H41NO3/c1-3-5-8-11-19(23)16-14-18-15-17-21(24)20(18)12-9-6-7-10-13-22(25)26-4-2/h18-20H,3-17,23H2,1-2H3/t18-,19?,20+/m0/s1. The van der Waals surface area contributed by atoms with E-state index in [1.807, 2.05) is 6.92 Å². The fourth-order valence-electron chi connectivity index (χ4n) is 4.17. The zero-order valence-corrected chi connectivity index (χ0v) is 17.1. The van der Waals surface area contributed by atoms with Gasteiger partial charge in [-0.25, -0.2) is 0 Å². The van der Waals surface area contributed by atoms with Crippen molar-refractivity contribution in [3.05, 3.63) is 0 Å². The molecule has 2 N–H and O–H groups in total. The predicted molar refractivity (Wildman–Crippen MR) is 107 cm³/mol. The second-order valence-corrected chi connectivity index (χ2v) is 7.96. The van der Waals surface area contributed by atoms with E-state index in [1.54, 1.807) is 0 Å². The van der Waals surface area contributed by atoms with Crippen LogP contribution in [0, 0.1) is 11.8 Å². The highest BCUT2D eigenvalue weighted by atomic mass is 16.5. The van der Waals surface area contributed by atoms with Crippen LogP contribution in [0.5, 0.6) is 0 Å². The van der Waals surface area contributed by atoms with E-state index in [1.165, 1.54) is 19.3 Å². The molecule has 0 aliphatic heterocycles. The van der Waals surface area contributed by atoms with Gasteiger partial charge in [-0.15, -0.1) is 0 Å². The third kappa shape index (κ3) is 9.70. The number of unbranched alkanes of at least 4 members (excludes halogenated alkanes) is 5. The van der Waals surface area contributed by atoms with Crippen molar-refractivity contribution in [1.82, 2.24) is 0 Å². The van der Waals surface area contributed by atoms with Crippen LogP contribution < -0.4 is 5.73 Å². The molecule has 0 aromatic heterocycles. The van der Waals surface area contributed by atoms with Crippen molar-refractivity contribution in [2.24, 2.45) is 17.6 Å². The van der Waals surface area contributed by atoms with Crippen LogP contribution in [0.25, 0.3) is 0 Å². The van der Waals surface area contributed by atoms with Crippen molar-refractivity contribution in [2.75, 3.05) is 6.61 Å². The van der Waals surface area contributed by atoms with Crippen LogP contribution in [0.1, 0.15) is 104 Å². The van der Waals surface area contributed by atoms with Gasteiger partial charge < -0.3 is 10.5 Å². The summed E-state index contributed by atoms with van der Waals surface area (Å²) in [5.41, 5.74) is 6.25. The fraction of sp³-hybridized carbons (Fsp3) is 0.909. The summed E-state index contributed by atoms with van der Waals surface area (Å²) < 4.78 is 4.94. The maximum Gasteiger partial charge on any atom is 0.305 e. The van der Waals surface area contributed by atoms with E-state index in [0.29, 0.717) is 30.8 Å². The minimum absolute atomic E-state index is 0.0891. The Bertz CT molecular complexity index is 397. The van der Waals surface area contributed by atoms with Gasteiger partial charge in [0.2, 0.25) is 0 Å². The van der Waals surface area contributed by atoms with Gasteiger partial charge in [0.1, 0.15) is 5.78 Å². The molecule has 3 atom stereocenters. The minimum atomic E-state index is -0.0891. The second kappa shape index (κ2) is 14.2. The normalized spacial score (nSPS) is 21.1. The number of nitrogens with two attached hydrogens (primary N) is 1. The Morgan fingerprint density at radius 2 is 1.85 bits per heavy atom. The Morgan fingerprint density at radius 1 is 1.08 bits per heavy atom. The van der Waals surface area contributed by atoms with Gasteiger partial charge in [0, 0.05) is 24.8 Å². The molecule has 0 radical (unpaired) electrons. The van der Waals surface area contributed by atoms with Crippen molar-refractivity contribution in [3.8, 4) is 0 Å². The molecule has 1 unspecified atom stereocenters. The number of ether oxygens (including phenoxy) is 1. The molecular weight excluding hydrogens is 326 g/mol. The molecule has 0 heterocycles. The smallest absolute Gasteiger partial charge is 0.305 e. The molecule has 0 aromatic rings. The Labute approximate surface area is 160 Å². The van der Waals surface area contributed by atoms with E-state index < -0.39 is 0 Å². The van der Waals surface area contributed by atoms with E-state index in [4.69, 9.17) is 10.5 Å². The first kappa shape index (κ1) is 23.1. The molecule has 1 aliphatic rings. The topological polar surface area (TPSA) is 69.4 Å². The van der Waals surface area contributed by atoms with Crippen molar-refractivity contribution >= 4 is 11.8 Å². The first-order valence-electron chi connectivity index (χ1n) is 11.0. The van der Waals surface area contributed by atoms with Crippen molar-refractivity contribution in [1.29, 1.82) is 0 Å². The fourth-order valence-corrected chi connectivity index (χ4v) is 4.17. The van der Waals surface area contributed by atoms with Crippen LogP contribution in [0.2, 0.25) is 0 Å². The minimum Gasteiger partial charge on any atom is -0.466 e. The summed E-state index contributed by atoms with van der Waals surface area (Å²) in [7, 11) is 0. The molecule has 0 saturated heterocycles. The van der Waals surface area contributed by atoms with E-state index in [2.05, 4.69) is 6.92 Å². The largest absolute Gasteiger partial charge is 0.466 e. The van der Waals surface area contributed by atoms with Gasteiger partial charge >= 0.3 is 5.97 Å². The molecule has 1 aliphatic carbocycles. The van der Waals surface area contributed by atoms with E-state index >= 15 is 0 Å². The molecule has 0 aromatic carbocycles. The lowest BCUT2D eigenvalue weighted by Crippen LogP contribution is -2.22. The van der Waals surface area contributed by atoms with Crippen molar-refractivity contribution in [2.45, 2.75) is 110 Å². The van der Waals surface area contributed by atoms with Gasteiger partial charge in [0.15, 0.2) is 0 Å². The summed E-state index contributed by atoms with van der Waals surface area (Å²) in [5.74, 6) is 1.21. The molecular formula is C22H41NO3. The van der Waals surface area contributed by atoms with Gasteiger partial charge in [-0.05, 0) is 51.4 Å². The molecule has 4 heteroatoms. The van der Waals surface area contributed by atoms with E-state index in [-0.39, 0.29) is 11.9 Å². The van der Waals surface area contributed by atoms with E-state index in [9.17, 15) is 9.59 Å². The molecule has 0 bridgehead atoms. The number of ketones is 1. The molecule has 26 heavy (non-hydrogen) atoms. The van der Waals surface area contributed by atoms with Gasteiger partial charge in [-0.3, -0.25) is 9.59 Å². The first-order valence-corrected chi connectivity index (χ1v) is 11.0. The number of carbonyl (C=O) groups is 2. The number of rotatable bonds is 15. The average molecular weight is 368 g/mol. The third-order valence-corrected chi connectivity index (χ3v) is 5.78. The highest BCUT2D eigenvalue weighted by Gasteiger charge is 2.33.